The van der Waals surface area contributed by atoms with E-state index in [0.29, 0.717) is 11.4 Å². The van der Waals surface area contributed by atoms with Crippen LogP contribution < -0.4 is 5.32 Å². The van der Waals surface area contributed by atoms with Crippen molar-refractivity contribution in [2.24, 2.45) is 0 Å². The number of benzene rings is 1. The van der Waals surface area contributed by atoms with Gasteiger partial charge in [-0.1, -0.05) is 29.3 Å². The zero-order chi connectivity index (χ0) is 16.3. The second-order valence-electron chi connectivity index (χ2n) is 4.51. The SMILES string of the molecule is Cc1ncc(Cl)c(C(=O)NCC(O)c2ccc(Cl)c(F)c2)n1. The molecule has 2 aromatic rings. The predicted molar refractivity (Wildman–Crippen MR) is 80.5 cm³/mol. The molecule has 1 atom stereocenters. The summed E-state index contributed by atoms with van der Waals surface area (Å²) in [5.74, 6) is -0.794. The van der Waals surface area contributed by atoms with E-state index < -0.39 is 17.8 Å². The number of halogens is 3. The molecule has 8 heteroatoms. The first-order chi connectivity index (χ1) is 10.4. The molecule has 0 spiro atoms. The molecule has 2 N–H and O–H groups in total. The van der Waals surface area contributed by atoms with Crippen LogP contribution in [0.4, 0.5) is 4.39 Å². The van der Waals surface area contributed by atoms with Gasteiger partial charge in [-0.05, 0) is 24.6 Å². The standard InChI is InChI=1S/C14H12Cl2FN3O2/c1-7-18-5-10(16)13(20-7)14(22)19-6-12(21)8-2-3-9(15)11(17)4-8/h2-5,12,21H,6H2,1H3,(H,19,22). The van der Waals surface area contributed by atoms with E-state index in [4.69, 9.17) is 23.2 Å². The second kappa shape index (κ2) is 7.00. The molecule has 0 fully saturated rings. The van der Waals surface area contributed by atoms with Crippen LogP contribution in [0, 0.1) is 12.7 Å². The average molecular weight is 344 g/mol. The number of hydrogen-bond donors (Lipinski definition) is 2. The Balaban J connectivity index is 2.04. The first-order valence-electron chi connectivity index (χ1n) is 6.29. The van der Waals surface area contributed by atoms with Gasteiger partial charge in [-0.3, -0.25) is 4.79 Å². The van der Waals surface area contributed by atoms with Gasteiger partial charge in [-0.15, -0.1) is 0 Å². The van der Waals surface area contributed by atoms with E-state index in [1.54, 1.807) is 6.92 Å². The van der Waals surface area contributed by atoms with Crippen LogP contribution in [0.5, 0.6) is 0 Å². The highest BCUT2D eigenvalue weighted by atomic mass is 35.5. The Morgan fingerprint density at radius 1 is 1.41 bits per heavy atom. The smallest absolute Gasteiger partial charge is 0.271 e. The van der Waals surface area contributed by atoms with Crippen molar-refractivity contribution in [2.45, 2.75) is 13.0 Å². The molecular weight excluding hydrogens is 332 g/mol. The average Bonchev–Trinajstić information content (AvgIpc) is 2.49. The number of nitrogens with one attached hydrogen (secondary N) is 1. The largest absolute Gasteiger partial charge is 0.387 e. The molecule has 1 aromatic carbocycles. The third-order valence-electron chi connectivity index (χ3n) is 2.86. The normalized spacial score (nSPS) is 12.0. The Bertz CT molecular complexity index is 712. The molecule has 5 nitrogen and oxygen atoms in total. The number of rotatable bonds is 4. The summed E-state index contributed by atoms with van der Waals surface area (Å²) in [6.07, 6.45) is 0.238. The maximum Gasteiger partial charge on any atom is 0.271 e. The first-order valence-corrected chi connectivity index (χ1v) is 7.04. The van der Waals surface area contributed by atoms with Gasteiger partial charge in [0, 0.05) is 6.54 Å². The summed E-state index contributed by atoms with van der Waals surface area (Å²) < 4.78 is 13.3. The molecule has 22 heavy (non-hydrogen) atoms. The number of aliphatic hydroxyl groups is 1. The molecule has 2 rings (SSSR count). The molecule has 0 aliphatic heterocycles. The van der Waals surface area contributed by atoms with E-state index in [2.05, 4.69) is 15.3 Å². The van der Waals surface area contributed by atoms with E-state index in [1.165, 1.54) is 18.3 Å². The molecule has 0 aliphatic carbocycles. The zero-order valence-electron chi connectivity index (χ0n) is 11.5. The molecule has 0 bridgehead atoms. The summed E-state index contributed by atoms with van der Waals surface area (Å²) in [4.78, 5) is 19.8. The quantitative estimate of drug-likeness (QED) is 0.894. The Hall–Kier alpha value is -1.76. The minimum absolute atomic E-state index is 0.0173. The van der Waals surface area contributed by atoms with Crippen molar-refractivity contribution in [1.82, 2.24) is 15.3 Å². The number of nitrogens with zero attached hydrogens (tertiary/aromatic N) is 2. The van der Waals surface area contributed by atoms with Crippen molar-refractivity contribution in [3.05, 3.63) is 57.3 Å². The fraction of sp³-hybridized carbons (Fsp3) is 0.214. The summed E-state index contributed by atoms with van der Waals surface area (Å²) in [5, 5.41) is 12.5. The van der Waals surface area contributed by atoms with Gasteiger partial charge in [0.1, 0.15) is 17.3 Å². The molecule has 0 saturated heterocycles. The lowest BCUT2D eigenvalue weighted by atomic mass is 10.1. The molecule has 1 unspecified atom stereocenters. The van der Waals surface area contributed by atoms with Crippen LogP contribution in [-0.4, -0.2) is 27.5 Å². The van der Waals surface area contributed by atoms with Crippen LogP contribution >= 0.6 is 23.2 Å². The molecule has 1 heterocycles. The van der Waals surface area contributed by atoms with Crippen LogP contribution in [0.2, 0.25) is 10.0 Å². The minimum atomic E-state index is -1.09. The Kier molecular flexibility index (Phi) is 5.28. The highest BCUT2D eigenvalue weighted by molar-refractivity contribution is 6.33. The number of aliphatic hydroxyl groups excluding tert-OH is 1. The van der Waals surface area contributed by atoms with Crippen molar-refractivity contribution in [2.75, 3.05) is 6.54 Å². The Morgan fingerprint density at radius 3 is 2.82 bits per heavy atom. The molecule has 1 aromatic heterocycles. The van der Waals surface area contributed by atoms with Crippen LogP contribution in [0.1, 0.15) is 28.0 Å². The lowest BCUT2D eigenvalue weighted by Crippen LogP contribution is -2.29. The van der Waals surface area contributed by atoms with E-state index in [-0.39, 0.29) is 22.3 Å². The summed E-state index contributed by atoms with van der Waals surface area (Å²) in [5.41, 5.74) is 0.316. The van der Waals surface area contributed by atoms with Crippen LogP contribution in [0.15, 0.2) is 24.4 Å². The van der Waals surface area contributed by atoms with Gasteiger partial charge in [0.05, 0.1) is 22.3 Å². The second-order valence-corrected chi connectivity index (χ2v) is 5.33. The molecule has 0 radical (unpaired) electrons. The number of aromatic nitrogens is 2. The predicted octanol–water partition coefficient (Wildman–Crippen LogP) is 2.69. The number of carbonyl (C=O) groups excluding carboxylic acids is 1. The zero-order valence-corrected chi connectivity index (χ0v) is 13.0. The summed E-state index contributed by atoms with van der Waals surface area (Å²) in [7, 11) is 0. The summed E-state index contributed by atoms with van der Waals surface area (Å²) in [6, 6.07) is 3.92. The van der Waals surface area contributed by atoms with Gasteiger partial charge in [0.2, 0.25) is 0 Å². The third-order valence-corrected chi connectivity index (χ3v) is 3.45. The highest BCUT2D eigenvalue weighted by Crippen LogP contribution is 2.20. The number of hydrogen-bond acceptors (Lipinski definition) is 4. The number of amides is 1. The topological polar surface area (TPSA) is 75.1 Å². The monoisotopic (exact) mass is 343 g/mol. The van der Waals surface area contributed by atoms with Crippen LogP contribution in [-0.2, 0) is 0 Å². The first kappa shape index (κ1) is 16.6. The van der Waals surface area contributed by atoms with E-state index in [9.17, 15) is 14.3 Å². The fourth-order valence-electron chi connectivity index (χ4n) is 1.73. The van der Waals surface area contributed by atoms with Crippen molar-refractivity contribution < 1.29 is 14.3 Å². The minimum Gasteiger partial charge on any atom is -0.387 e. The van der Waals surface area contributed by atoms with Gasteiger partial charge < -0.3 is 10.4 Å². The summed E-state index contributed by atoms with van der Waals surface area (Å²) in [6.45, 7) is 1.50. The van der Waals surface area contributed by atoms with Crippen molar-refractivity contribution >= 4 is 29.1 Å². The van der Waals surface area contributed by atoms with Gasteiger partial charge in [-0.25, -0.2) is 14.4 Å². The van der Waals surface area contributed by atoms with Crippen molar-refractivity contribution in [3.63, 3.8) is 0 Å². The van der Waals surface area contributed by atoms with Crippen molar-refractivity contribution in [3.8, 4) is 0 Å². The van der Waals surface area contributed by atoms with Crippen LogP contribution in [0.25, 0.3) is 0 Å². The summed E-state index contributed by atoms with van der Waals surface area (Å²) >= 11 is 11.4. The van der Waals surface area contributed by atoms with Crippen LogP contribution in [0.3, 0.4) is 0 Å². The Labute approximate surface area is 136 Å². The number of aryl methyl sites for hydroxylation is 1. The lowest BCUT2D eigenvalue weighted by Gasteiger charge is -2.13. The molecular formula is C14H12Cl2FN3O2. The van der Waals surface area contributed by atoms with Gasteiger partial charge in [-0.2, -0.15) is 0 Å². The fourth-order valence-corrected chi connectivity index (χ4v) is 2.02. The van der Waals surface area contributed by atoms with E-state index >= 15 is 0 Å². The maximum atomic E-state index is 13.3. The molecule has 0 saturated carbocycles. The molecule has 116 valence electrons. The maximum absolute atomic E-state index is 13.3. The highest BCUT2D eigenvalue weighted by Gasteiger charge is 2.16. The van der Waals surface area contributed by atoms with Crippen molar-refractivity contribution in [1.29, 1.82) is 0 Å². The molecule has 0 aliphatic rings. The van der Waals surface area contributed by atoms with Gasteiger partial charge in [0.15, 0.2) is 0 Å². The molecule has 1 amide bonds. The third kappa shape index (κ3) is 3.91. The van der Waals surface area contributed by atoms with E-state index in [0.717, 1.165) is 6.07 Å². The lowest BCUT2D eigenvalue weighted by molar-refractivity contribution is 0.0911. The Morgan fingerprint density at radius 2 is 2.14 bits per heavy atom. The van der Waals surface area contributed by atoms with Gasteiger partial charge >= 0.3 is 0 Å². The van der Waals surface area contributed by atoms with Gasteiger partial charge in [0.25, 0.3) is 5.91 Å². The number of carbonyl (C=O) groups is 1. The van der Waals surface area contributed by atoms with E-state index in [1.807, 2.05) is 0 Å².